The van der Waals surface area contributed by atoms with E-state index < -0.39 is 11.2 Å². The number of hydrogen-bond acceptors (Lipinski definition) is 4. The third-order valence-corrected chi connectivity index (χ3v) is 3.45. The van der Waals surface area contributed by atoms with Crippen LogP contribution in [0.2, 0.25) is 0 Å². The van der Waals surface area contributed by atoms with Crippen LogP contribution >= 0.6 is 11.6 Å². The molecule has 0 atom stereocenters. The number of nitrogens with zero attached hydrogens (tertiary/aromatic N) is 1. The molecule has 1 aromatic heterocycles. The summed E-state index contributed by atoms with van der Waals surface area (Å²) >= 11 is 5.62. The van der Waals surface area contributed by atoms with E-state index in [1.54, 1.807) is 17.7 Å². The van der Waals surface area contributed by atoms with E-state index in [1.807, 2.05) is 30.3 Å². The summed E-state index contributed by atoms with van der Waals surface area (Å²) in [4.78, 5) is 23.0. The smallest absolute Gasteiger partial charge is 0.311 e. The fraction of sp³-hybridized carbons (Fsp3) is 0.250. The van der Waals surface area contributed by atoms with Crippen molar-refractivity contribution < 1.29 is 19.1 Å². The number of halogens is 1. The first kappa shape index (κ1) is 16.1. The number of hydrogen-bond donors (Lipinski definition) is 0. The normalized spacial score (nSPS) is 10.3. The van der Waals surface area contributed by atoms with E-state index in [9.17, 15) is 9.59 Å². The number of methoxy groups -OCH3 is 1. The summed E-state index contributed by atoms with van der Waals surface area (Å²) in [5, 5.41) is -0.637. The van der Waals surface area contributed by atoms with Crippen molar-refractivity contribution >= 4 is 22.8 Å². The maximum absolute atomic E-state index is 11.6. The van der Waals surface area contributed by atoms with Crippen LogP contribution in [0.5, 0.6) is 5.75 Å². The van der Waals surface area contributed by atoms with E-state index >= 15 is 0 Å². The van der Waals surface area contributed by atoms with Crippen molar-refractivity contribution in [2.24, 2.45) is 7.05 Å². The molecule has 0 saturated carbocycles. The van der Waals surface area contributed by atoms with Crippen molar-refractivity contribution in [2.75, 3.05) is 7.11 Å². The Morgan fingerprint density at radius 2 is 1.91 bits per heavy atom. The number of carbonyl (C=O) groups is 2. The number of esters is 1. The SMILES string of the molecule is COC(=O)Cc1cc(OCc2ccccc2)c(C(=O)Cl)n1C. The van der Waals surface area contributed by atoms with Gasteiger partial charge in [-0.3, -0.25) is 9.59 Å². The summed E-state index contributed by atoms with van der Waals surface area (Å²) in [6.07, 6.45) is 0.0405. The zero-order valence-corrected chi connectivity index (χ0v) is 13.1. The molecule has 0 aliphatic carbocycles. The van der Waals surface area contributed by atoms with Crippen LogP contribution in [0.15, 0.2) is 36.4 Å². The van der Waals surface area contributed by atoms with Crippen molar-refractivity contribution in [1.29, 1.82) is 0 Å². The standard InChI is InChI=1S/C16H16ClNO4/c1-18-12(9-14(19)21-2)8-13(15(18)16(17)20)22-10-11-6-4-3-5-7-11/h3-8H,9-10H2,1-2H3. The number of ether oxygens (including phenoxy) is 2. The van der Waals surface area contributed by atoms with E-state index in [1.165, 1.54) is 7.11 Å². The monoisotopic (exact) mass is 321 g/mol. The van der Waals surface area contributed by atoms with Crippen LogP contribution in [-0.4, -0.2) is 22.9 Å². The Kier molecular flexibility index (Phi) is 5.22. The molecule has 2 aromatic rings. The highest BCUT2D eigenvalue weighted by Crippen LogP contribution is 2.26. The van der Waals surface area contributed by atoms with Gasteiger partial charge in [-0.25, -0.2) is 0 Å². The van der Waals surface area contributed by atoms with Crippen LogP contribution in [0, 0.1) is 0 Å². The fourth-order valence-electron chi connectivity index (χ4n) is 2.09. The lowest BCUT2D eigenvalue weighted by atomic mass is 10.2. The lowest BCUT2D eigenvalue weighted by Crippen LogP contribution is -2.10. The molecule has 5 nitrogen and oxygen atoms in total. The van der Waals surface area contributed by atoms with Crippen LogP contribution in [0.1, 0.15) is 21.7 Å². The van der Waals surface area contributed by atoms with E-state index in [-0.39, 0.29) is 12.1 Å². The molecule has 2 rings (SSSR count). The lowest BCUT2D eigenvalue weighted by molar-refractivity contribution is -0.139. The van der Waals surface area contributed by atoms with E-state index in [2.05, 4.69) is 4.74 Å². The quantitative estimate of drug-likeness (QED) is 0.606. The van der Waals surface area contributed by atoms with Gasteiger partial charge in [0.2, 0.25) is 0 Å². The van der Waals surface area contributed by atoms with Crippen LogP contribution < -0.4 is 4.74 Å². The molecule has 0 unspecified atom stereocenters. The van der Waals surface area contributed by atoms with Crippen LogP contribution in [-0.2, 0) is 29.6 Å². The van der Waals surface area contributed by atoms with Gasteiger partial charge in [-0.15, -0.1) is 0 Å². The minimum absolute atomic E-state index is 0.0405. The maximum atomic E-state index is 11.6. The average Bonchev–Trinajstić information content (AvgIpc) is 2.82. The zero-order chi connectivity index (χ0) is 16.1. The van der Waals surface area contributed by atoms with E-state index in [0.717, 1.165) is 5.56 Å². The Morgan fingerprint density at radius 3 is 2.50 bits per heavy atom. The number of carbonyl (C=O) groups excluding carboxylic acids is 2. The third kappa shape index (κ3) is 3.68. The molecule has 0 spiro atoms. The second-order valence-corrected chi connectivity index (χ2v) is 5.05. The average molecular weight is 322 g/mol. The fourth-order valence-corrected chi connectivity index (χ4v) is 2.31. The molecule has 1 aromatic carbocycles. The van der Waals surface area contributed by atoms with Crippen molar-refractivity contribution in [3.63, 3.8) is 0 Å². The summed E-state index contributed by atoms with van der Waals surface area (Å²) in [5.41, 5.74) is 1.78. The van der Waals surface area contributed by atoms with Gasteiger partial charge in [0.05, 0.1) is 13.5 Å². The first-order chi connectivity index (χ1) is 10.5. The predicted molar refractivity (Wildman–Crippen MR) is 82.1 cm³/mol. The Balaban J connectivity index is 2.24. The van der Waals surface area contributed by atoms with Gasteiger partial charge in [-0.1, -0.05) is 30.3 Å². The molecule has 0 saturated heterocycles. The van der Waals surface area contributed by atoms with Crippen LogP contribution in [0.3, 0.4) is 0 Å². The van der Waals surface area contributed by atoms with Gasteiger partial charge >= 0.3 is 5.97 Å². The molecule has 1 heterocycles. The van der Waals surface area contributed by atoms with E-state index in [0.29, 0.717) is 18.1 Å². The first-order valence-corrected chi connectivity index (χ1v) is 7.02. The Labute approximate surface area is 133 Å². The molecule has 0 radical (unpaired) electrons. The number of rotatable bonds is 6. The lowest BCUT2D eigenvalue weighted by Gasteiger charge is -2.07. The summed E-state index contributed by atoms with van der Waals surface area (Å²) in [6.45, 7) is 0.305. The number of aromatic nitrogens is 1. The molecule has 22 heavy (non-hydrogen) atoms. The van der Waals surface area contributed by atoms with Crippen molar-refractivity contribution in [2.45, 2.75) is 13.0 Å². The second kappa shape index (κ2) is 7.13. The van der Waals surface area contributed by atoms with Gasteiger partial charge in [0.25, 0.3) is 5.24 Å². The Morgan fingerprint density at radius 1 is 1.23 bits per heavy atom. The van der Waals surface area contributed by atoms with Crippen LogP contribution in [0.4, 0.5) is 0 Å². The molecule has 0 amide bonds. The summed E-state index contributed by atoms with van der Waals surface area (Å²) in [6, 6.07) is 11.2. The van der Waals surface area contributed by atoms with Crippen molar-refractivity contribution in [3.8, 4) is 5.75 Å². The van der Waals surface area contributed by atoms with Crippen LogP contribution in [0.25, 0.3) is 0 Å². The highest BCUT2D eigenvalue weighted by Gasteiger charge is 2.20. The maximum Gasteiger partial charge on any atom is 0.311 e. The second-order valence-electron chi connectivity index (χ2n) is 4.71. The number of benzene rings is 1. The molecule has 0 fully saturated rings. The first-order valence-electron chi connectivity index (χ1n) is 6.65. The van der Waals surface area contributed by atoms with Crippen molar-refractivity contribution in [1.82, 2.24) is 4.57 Å². The molecule has 0 N–H and O–H groups in total. The Hall–Kier alpha value is -2.27. The third-order valence-electron chi connectivity index (χ3n) is 3.27. The van der Waals surface area contributed by atoms with Gasteiger partial charge in [-0.05, 0) is 17.2 Å². The van der Waals surface area contributed by atoms with Gasteiger partial charge in [0.15, 0.2) is 0 Å². The highest BCUT2D eigenvalue weighted by molar-refractivity contribution is 6.67. The minimum Gasteiger partial charge on any atom is -0.486 e. The topological polar surface area (TPSA) is 57.5 Å². The van der Waals surface area contributed by atoms with Gasteiger partial charge in [-0.2, -0.15) is 0 Å². The summed E-state index contributed by atoms with van der Waals surface area (Å²) in [7, 11) is 2.97. The molecule has 0 aliphatic rings. The molecular weight excluding hydrogens is 306 g/mol. The summed E-state index contributed by atoms with van der Waals surface area (Å²) in [5.74, 6) is -0.0472. The van der Waals surface area contributed by atoms with E-state index in [4.69, 9.17) is 16.3 Å². The van der Waals surface area contributed by atoms with Gasteiger partial charge in [0.1, 0.15) is 18.1 Å². The van der Waals surface area contributed by atoms with Crippen molar-refractivity contribution in [3.05, 3.63) is 53.3 Å². The molecule has 6 heteroatoms. The summed E-state index contributed by atoms with van der Waals surface area (Å²) < 4.78 is 11.9. The molecule has 0 aliphatic heterocycles. The largest absolute Gasteiger partial charge is 0.486 e. The minimum atomic E-state index is -0.637. The highest BCUT2D eigenvalue weighted by atomic mass is 35.5. The zero-order valence-electron chi connectivity index (χ0n) is 12.3. The van der Waals surface area contributed by atoms with Gasteiger partial charge < -0.3 is 14.0 Å². The molecule has 0 bridgehead atoms. The molecular formula is C16H16ClNO4. The predicted octanol–water partition coefficient (Wildman–Crippen LogP) is 2.70. The molecule has 116 valence electrons. The van der Waals surface area contributed by atoms with Gasteiger partial charge in [0, 0.05) is 18.8 Å². The Bertz CT molecular complexity index is 679.